The quantitative estimate of drug-likeness (QED) is 0.598. The largest absolute Gasteiger partial charge is 0.497 e. The van der Waals surface area contributed by atoms with E-state index in [9.17, 15) is 4.79 Å². The van der Waals surface area contributed by atoms with Gasteiger partial charge in [0.2, 0.25) is 5.13 Å². The lowest BCUT2D eigenvalue weighted by atomic mass is 10.3. The van der Waals surface area contributed by atoms with E-state index in [0.29, 0.717) is 16.6 Å². The summed E-state index contributed by atoms with van der Waals surface area (Å²) in [6.45, 7) is 1.86. The van der Waals surface area contributed by atoms with E-state index in [1.165, 1.54) is 11.3 Å². The van der Waals surface area contributed by atoms with Crippen molar-refractivity contribution < 1.29 is 9.53 Å². The van der Waals surface area contributed by atoms with Gasteiger partial charge in [-0.25, -0.2) is 4.98 Å². The van der Waals surface area contributed by atoms with Crippen LogP contribution in [0.4, 0.5) is 5.82 Å². The Balaban J connectivity index is 1.70. The number of methoxy groups -OCH3 is 1. The van der Waals surface area contributed by atoms with E-state index in [0.717, 1.165) is 21.7 Å². The van der Waals surface area contributed by atoms with Crippen molar-refractivity contribution in [2.24, 2.45) is 7.05 Å². The fraction of sp³-hybridized carbons (Fsp3) is 0.176. The molecule has 0 unspecified atom stereocenters. The van der Waals surface area contributed by atoms with Crippen molar-refractivity contribution >= 4 is 33.3 Å². The maximum atomic E-state index is 12.4. The molecule has 1 amide bonds. The second-order valence-corrected chi connectivity index (χ2v) is 6.75. The fourth-order valence-electron chi connectivity index (χ4n) is 2.56. The summed E-state index contributed by atoms with van der Waals surface area (Å²) in [5.74, 6) is 0.994. The predicted molar refractivity (Wildman–Crippen MR) is 99.2 cm³/mol. The van der Waals surface area contributed by atoms with Gasteiger partial charge in [0.15, 0.2) is 5.69 Å². The molecule has 0 atom stereocenters. The van der Waals surface area contributed by atoms with E-state index >= 15 is 0 Å². The van der Waals surface area contributed by atoms with Gasteiger partial charge in [0.25, 0.3) is 5.91 Å². The van der Waals surface area contributed by atoms with Crippen molar-refractivity contribution in [2.45, 2.75) is 6.92 Å². The molecular weight excluding hydrogens is 352 g/mol. The third-order valence-corrected chi connectivity index (χ3v) is 4.80. The van der Waals surface area contributed by atoms with Crippen LogP contribution in [0.3, 0.4) is 0 Å². The normalized spacial score (nSPS) is 11.0. The third kappa shape index (κ3) is 2.93. The highest BCUT2D eigenvalue weighted by atomic mass is 32.1. The molecule has 0 radical (unpaired) electrons. The molecule has 1 N–H and O–H groups in total. The van der Waals surface area contributed by atoms with Gasteiger partial charge in [0.05, 0.1) is 23.0 Å². The first-order chi connectivity index (χ1) is 12.5. The number of hydrogen-bond donors (Lipinski definition) is 1. The number of aromatic nitrogens is 5. The van der Waals surface area contributed by atoms with E-state index in [-0.39, 0.29) is 5.91 Å². The molecule has 0 aliphatic rings. The first-order valence-corrected chi connectivity index (χ1v) is 8.68. The molecule has 0 saturated heterocycles. The first-order valence-electron chi connectivity index (χ1n) is 7.86. The number of amides is 1. The van der Waals surface area contributed by atoms with E-state index in [1.54, 1.807) is 41.9 Å². The lowest BCUT2D eigenvalue weighted by molar-refractivity contribution is 0.102. The third-order valence-electron chi connectivity index (χ3n) is 3.78. The van der Waals surface area contributed by atoms with Gasteiger partial charge in [-0.15, -0.1) is 0 Å². The summed E-state index contributed by atoms with van der Waals surface area (Å²) in [7, 11) is 3.39. The summed E-state index contributed by atoms with van der Waals surface area (Å²) < 4.78 is 9.47. The maximum absolute atomic E-state index is 12.4. The second-order valence-electron chi connectivity index (χ2n) is 5.74. The van der Waals surface area contributed by atoms with Crippen LogP contribution in [0.1, 0.15) is 16.2 Å². The van der Waals surface area contributed by atoms with Crippen molar-refractivity contribution in [1.29, 1.82) is 0 Å². The van der Waals surface area contributed by atoms with Crippen LogP contribution in [0, 0.1) is 6.92 Å². The van der Waals surface area contributed by atoms with Gasteiger partial charge in [-0.1, -0.05) is 11.3 Å². The number of carbonyl (C=O) groups excluding carboxylic acids is 1. The summed E-state index contributed by atoms with van der Waals surface area (Å²) in [6, 6.07) is 9.18. The zero-order valence-electron chi connectivity index (χ0n) is 14.4. The molecule has 1 aromatic carbocycles. The van der Waals surface area contributed by atoms with Gasteiger partial charge >= 0.3 is 0 Å². The van der Waals surface area contributed by atoms with Gasteiger partial charge < -0.3 is 10.1 Å². The van der Waals surface area contributed by atoms with E-state index in [4.69, 9.17) is 4.74 Å². The smallest absolute Gasteiger partial charge is 0.277 e. The molecule has 0 fully saturated rings. The molecule has 0 saturated carbocycles. The van der Waals surface area contributed by atoms with Crippen LogP contribution >= 0.6 is 11.3 Å². The molecule has 0 spiro atoms. The zero-order valence-corrected chi connectivity index (χ0v) is 15.2. The number of rotatable bonds is 4. The summed E-state index contributed by atoms with van der Waals surface area (Å²) in [5, 5.41) is 12.1. The van der Waals surface area contributed by atoms with E-state index in [1.807, 2.05) is 25.1 Å². The second kappa shape index (κ2) is 6.26. The molecular formula is C17H16N6O2S. The highest BCUT2D eigenvalue weighted by Crippen LogP contribution is 2.29. The standard InChI is InChI=1S/C17H16N6O2S/c1-10-8-15(19-16(24)12-6-7-22(2)21-12)23(20-10)17-18-13-9-11(25-3)4-5-14(13)26-17/h4-9H,1-3H3,(H,19,24). The Labute approximate surface area is 153 Å². The maximum Gasteiger partial charge on any atom is 0.277 e. The number of hydrogen-bond acceptors (Lipinski definition) is 6. The lowest BCUT2D eigenvalue weighted by Crippen LogP contribution is -2.16. The minimum absolute atomic E-state index is 0.297. The average Bonchev–Trinajstić information content (AvgIpc) is 3.32. The van der Waals surface area contributed by atoms with E-state index < -0.39 is 0 Å². The molecule has 0 aliphatic heterocycles. The molecule has 132 valence electrons. The molecule has 8 nitrogen and oxygen atoms in total. The molecule has 26 heavy (non-hydrogen) atoms. The number of ether oxygens (including phenoxy) is 1. The SMILES string of the molecule is COc1ccc2sc(-n3nc(C)cc3NC(=O)c3ccn(C)n3)nc2c1. The molecule has 9 heteroatoms. The van der Waals surface area contributed by atoms with Crippen LogP contribution in [-0.2, 0) is 7.05 Å². The Morgan fingerprint density at radius 3 is 2.81 bits per heavy atom. The monoisotopic (exact) mass is 368 g/mol. The van der Waals surface area contributed by atoms with Crippen LogP contribution < -0.4 is 10.1 Å². The summed E-state index contributed by atoms with van der Waals surface area (Å²) >= 11 is 1.49. The minimum Gasteiger partial charge on any atom is -0.497 e. The molecule has 3 aromatic heterocycles. The van der Waals surface area contributed by atoms with Crippen LogP contribution in [0.15, 0.2) is 36.5 Å². The van der Waals surface area contributed by atoms with Gasteiger partial charge in [0, 0.05) is 25.4 Å². The van der Waals surface area contributed by atoms with Crippen molar-refractivity contribution in [3.8, 4) is 10.9 Å². The van der Waals surface area contributed by atoms with Crippen molar-refractivity contribution in [1.82, 2.24) is 24.5 Å². The average molecular weight is 368 g/mol. The van der Waals surface area contributed by atoms with Crippen molar-refractivity contribution in [3.05, 3.63) is 47.9 Å². The van der Waals surface area contributed by atoms with Crippen LogP contribution in [0.25, 0.3) is 15.3 Å². The van der Waals surface area contributed by atoms with Gasteiger partial charge in [-0.3, -0.25) is 9.48 Å². The number of aryl methyl sites for hydroxylation is 2. The number of carbonyl (C=O) groups is 1. The Bertz CT molecular complexity index is 1110. The van der Waals surface area contributed by atoms with Gasteiger partial charge in [0.1, 0.15) is 11.6 Å². The summed E-state index contributed by atoms with van der Waals surface area (Å²) in [4.78, 5) is 17.0. The minimum atomic E-state index is -0.297. The highest BCUT2D eigenvalue weighted by molar-refractivity contribution is 7.20. The predicted octanol–water partition coefficient (Wildman–Crippen LogP) is 2.78. The Morgan fingerprint density at radius 2 is 2.08 bits per heavy atom. The molecule has 4 aromatic rings. The summed E-state index contributed by atoms with van der Waals surface area (Å²) in [6.07, 6.45) is 1.72. The highest BCUT2D eigenvalue weighted by Gasteiger charge is 2.16. The first kappa shape index (κ1) is 16.3. The number of nitrogens with one attached hydrogen (secondary N) is 1. The molecule has 4 rings (SSSR count). The van der Waals surface area contributed by atoms with Crippen LogP contribution in [0.2, 0.25) is 0 Å². The topological polar surface area (TPSA) is 86.9 Å². The van der Waals surface area contributed by atoms with E-state index in [2.05, 4.69) is 20.5 Å². The van der Waals surface area contributed by atoms with Gasteiger partial charge in [-0.05, 0) is 25.1 Å². The number of anilines is 1. The Hall–Kier alpha value is -3.20. The van der Waals surface area contributed by atoms with Crippen molar-refractivity contribution in [3.63, 3.8) is 0 Å². The van der Waals surface area contributed by atoms with Crippen LogP contribution in [0.5, 0.6) is 5.75 Å². The number of thiazole rings is 1. The molecule has 0 bridgehead atoms. The Kier molecular flexibility index (Phi) is 3.92. The lowest BCUT2D eigenvalue weighted by Gasteiger charge is -2.04. The van der Waals surface area contributed by atoms with Crippen molar-refractivity contribution in [2.75, 3.05) is 12.4 Å². The molecule has 0 aliphatic carbocycles. The summed E-state index contributed by atoms with van der Waals surface area (Å²) in [5.41, 5.74) is 1.93. The number of nitrogens with zero attached hydrogens (tertiary/aromatic N) is 5. The van der Waals surface area contributed by atoms with Crippen LogP contribution in [-0.4, -0.2) is 37.6 Å². The zero-order chi connectivity index (χ0) is 18.3. The number of fused-ring (bicyclic) bond motifs is 1. The fourth-order valence-corrected chi connectivity index (χ4v) is 3.48. The number of benzene rings is 1. The Morgan fingerprint density at radius 1 is 1.23 bits per heavy atom. The molecule has 3 heterocycles. The van der Waals surface area contributed by atoms with Gasteiger partial charge in [-0.2, -0.15) is 14.9 Å².